The van der Waals surface area contributed by atoms with Gasteiger partial charge in [0.25, 0.3) is 0 Å². The van der Waals surface area contributed by atoms with Gasteiger partial charge in [-0.05, 0) is 17.7 Å². The Kier molecular flexibility index (Phi) is 5.71. The minimum absolute atomic E-state index is 0.0340. The van der Waals surface area contributed by atoms with Crippen LogP contribution in [0.2, 0.25) is 0 Å². The van der Waals surface area contributed by atoms with Gasteiger partial charge in [-0.25, -0.2) is 4.39 Å². The molecule has 0 radical (unpaired) electrons. The van der Waals surface area contributed by atoms with Crippen LogP contribution in [0.25, 0.3) is 0 Å². The summed E-state index contributed by atoms with van der Waals surface area (Å²) in [4.78, 5) is 0. The second-order valence-electron chi connectivity index (χ2n) is 3.91. The largest absolute Gasteiger partial charge is 0.419 e. The minimum Gasteiger partial charge on any atom is -0.382 e. The zero-order chi connectivity index (χ0) is 14.5. The van der Waals surface area contributed by atoms with E-state index in [0.717, 1.165) is 6.07 Å². The van der Waals surface area contributed by atoms with E-state index in [-0.39, 0.29) is 18.8 Å². The Balaban J connectivity index is 2.73. The molecule has 1 aromatic carbocycles. The van der Waals surface area contributed by atoms with E-state index in [2.05, 4.69) is 0 Å². The van der Waals surface area contributed by atoms with Crippen molar-refractivity contribution in [3.63, 3.8) is 0 Å². The zero-order valence-electron chi connectivity index (χ0n) is 10.3. The van der Waals surface area contributed by atoms with Crippen molar-refractivity contribution >= 4 is 0 Å². The Bertz CT molecular complexity index is 409. The third-order valence-corrected chi connectivity index (χ3v) is 2.45. The van der Waals surface area contributed by atoms with E-state index in [0.29, 0.717) is 12.7 Å². The lowest BCUT2D eigenvalue weighted by Gasteiger charge is -2.15. The Morgan fingerprint density at radius 2 is 1.95 bits per heavy atom. The molecule has 0 spiro atoms. The van der Waals surface area contributed by atoms with Crippen molar-refractivity contribution in [1.29, 1.82) is 0 Å². The van der Waals surface area contributed by atoms with Crippen LogP contribution in [0.5, 0.6) is 0 Å². The van der Waals surface area contributed by atoms with Crippen LogP contribution in [-0.2, 0) is 15.7 Å². The van der Waals surface area contributed by atoms with Crippen LogP contribution in [0, 0.1) is 5.82 Å². The number of halogens is 4. The Morgan fingerprint density at radius 3 is 2.53 bits per heavy atom. The van der Waals surface area contributed by atoms with E-state index < -0.39 is 23.6 Å². The molecule has 0 aliphatic heterocycles. The van der Waals surface area contributed by atoms with E-state index in [1.54, 1.807) is 0 Å². The summed E-state index contributed by atoms with van der Waals surface area (Å²) >= 11 is 0. The summed E-state index contributed by atoms with van der Waals surface area (Å²) in [6, 6.07) is 1.93. The van der Waals surface area contributed by atoms with Crippen LogP contribution >= 0.6 is 0 Å². The summed E-state index contributed by atoms with van der Waals surface area (Å²) in [5, 5.41) is 0. The van der Waals surface area contributed by atoms with E-state index >= 15 is 0 Å². The third kappa shape index (κ3) is 4.77. The van der Waals surface area contributed by atoms with Crippen molar-refractivity contribution in [2.75, 3.05) is 26.9 Å². The first-order valence-corrected chi connectivity index (χ1v) is 5.55. The Labute approximate surface area is 108 Å². The average Bonchev–Trinajstić information content (AvgIpc) is 2.33. The van der Waals surface area contributed by atoms with Crippen molar-refractivity contribution in [2.24, 2.45) is 5.73 Å². The summed E-state index contributed by atoms with van der Waals surface area (Å²) in [6.07, 6.45) is -4.74. The molecule has 0 aromatic heterocycles. The van der Waals surface area contributed by atoms with Gasteiger partial charge < -0.3 is 15.2 Å². The van der Waals surface area contributed by atoms with Crippen molar-refractivity contribution in [2.45, 2.75) is 12.2 Å². The maximum Gasteiger partial charge on any atom is 0.419 e. The number of hydrogen-bond acceptors (Lipinski definition) is 3. The number of nitrogens with two attached hydrogens (primary N) is 1. The molecule has 0 bridgehead atoms. The molecule has 1 rings (SSSR count). The maximum absolute atomic E-state index is 13.1. The van der Waals surface area contributed by atoms with Crippen molar-refractivity contribution in [3.05, 3.63) is 35.1 Å². The number of rotatable bonds is 6. The highest BCUT2D eigenvalue weighted by Gasteiger charge is 2.34. The highest BCUT2D eigenvalue weighted by Crippen LogP contribution is 2.32. The fourth-order valence-electron chi connectivity index (χ4n) is 1.44. The summed E-state index contributed by atoms with van der Waals surface area (Å²) in [7, 11) is 1.50. The molecule has 19 heavy (non-hydrogen) atoms. The standard InChI is InChI=1S/C12H15F4NO2/c1-18-4-5-19-7-11(17)8-2-3-10(13)9(6-8)12(14,15)16/h2-3,6,11H,4-5,7,17H2,1H3. The van der Waals surface area contributed by atoms with Crippen LogP contribution in [0.15, 0.2) is 18.2 Å². The van der Waals surface area contributed by atoms with Gasteiger partial charge in [0.2, 0.25) is 0 Å². The molecule has 0 amide bonds. The molecule has 0 aliphatic carbocycles. The highest BCUT2D eigenvalue weighted by atomic mass is 19.4. The lowest BCUT2D eigenvalue weighted by atomic mass is 10.0. The van der Waals surface area contributed by atoms with Gasteiger partial charge >= 0.3 is 6.18 Å². The Morgan fingerprint density at radius 1 is 1.26 bits per heavy atom. The van der Waals surface area contributed by atoms with Gasteiger partial charge in [-0.2, -0.15) is 13.2 Å². The highest BCUT2D eigenvalue weighted by molar-refractivity contribution is 5.29. The smallest absolute Gasteiger partial charge is 0.382 e. The normalized spacial score (nSPS) is 13.6. The van der Waals surface area contributed by atoms with Gasteiger partial charge in [0.1, 0.15) is 5.82 Å². The van der Waals surface area contributed by atoms with Gasteiger partial charge in [-0.1, -0.05) is 6.07 Å². The number of benzene rings is 1. The molecule has 0 aliphatic rings. The average molecular weight is 281 g/mol. The topological polar surface area (TPSA) is 44.5 Å². The first-order valence-electron chi connectivity index (χ1n) is 5.55. The second-order valence-corrected chi connectivity index (χ2v) is 3.91. The predicted octanol–water partition coefficient (Wildman–Crippen LogP) is 2.51. The van der Waals surface area contributed by atoms with E-state index in [4.69, 9.17) is 15.2 Å². The van der Waals surface area contributed by atoms with E-state index in [9.17, 15) is 17.6 Å². The van der Waals surface area contributed by atoms with Crippen LogP contribution in [0.1, 0.15) is 17.2 Å². The first-order chi connectivity index (χ1) is 8.86. The molecule has 3 nitrogen and oxygen atoms in total. The fourth-order valence-corrected chi connectivity index (χ4v) is 1.44. The molecule has 0 fully saturated rings. The summed E-state index contributed by atoms with van der Waals surface area (Å²) < 4.78 is 60.5. The lowest BCUT2D eigenvalue weighted by molar-refractivity contribution is -0.140. The number of ether oxygens (including phenoxy) is 2. The minimum atomic E-state index is -4.74. The quantitative estimate of drug-likeness (QED) is 0.643. The number of alkyl halides is 3. The molecule has 2 N–H and O–H groups in total. The summed E-state index contributed by atoms with van der Waals surface area (Å²) in [6.45, 7) is 0.688. The van der Waals surface area contributed by atoms with Gasteiger partial charge in [0.15, 0.2) is 0 Å². The molecule has 1 unspecified atom stereocenters. The van der Waals surface area contributed by atoms with Crippen molar-refractivity contribution in [3.8, 4) is 0 Å². The second kappa shape index (κ2) is 6.83. The predicted molar refractivity (Wildman–Crippen MR) is 61.0 cm³/mol. The number of methoxy groups -OCH3 is 1. The van der Waals surface area contributed by atoms with Gasteiger partial charge in [0, 0.05) is 7.11 Å². The molecule has 0 saturated heterocycles. The van der Waals surface area contributed by atoms with Crippen LogP contribution < -0.4 is 5.73 Å². The molecule has 0 heterocycles. The van der Waals surface area contributed by atoms with Crippen molar-refractivity contribution < 1.29 is 27.0 Å². The van der Waals surface area contributed by atoms with Crippen molar-refractivity contribution in [1.82, 2.24) is 0 Å². The van der Waals surface area contributed by atoms with Crippen LogP contribution in [-0.4, -0.2) is 26.9 Å². The SMILES string of the molecule is COCCOCC(N)c1ccc(F)c(C(F)(F)F)c1. The molecular formula is C12H15F4NO2. The molecule has 7 heteroatoms. The van der Waals surface area contributed by atoms with Crippen LogP contribution in [0.3, 0.4) is 0 Å². The monoisotopic (exact) mass is 281 g/mol. The summed E-state index contributed by atoms with van der Waals surface area (Å²) in [5.41, 5.74) is 4.53. The molecule has 0 saturated carbocycles. The molecule has 1 aromatic rings. The van der Waals surface area contributed by atoms with Crippen LogP contribution in [0.4, 0.5) is 17.6 Å². The van der Waals surface area contributed by atoms with E-state index in [1.807, 2.05) is 0 Å². The molecular weight excluding hydrogens is 266 g/mol. The fraction of sp³-hybridized carbons (Fsp3) is 0.500. The van der Waals surface area contributed by atoms with E-state index in [1.165, 1.54) is 13.2 Å². The van der Waals surface area contributed by atoms with Gasteiger partial charge in [-0.15, -0.1) is 0 Å². The third-order valence-electron chi connectivity index (χ3n) is 2.45. The zero-order valence-corrected chi connectivity index (χ0v) is 10.3. The van der Waals surface area contributed by atoms with Gasteiger partial charge in [0.05, 0.1) is 31.4 Å². The number of hydrogen-bond donors (Lipinski definition) is 1. The lowest BCUT2D eigenvalue weighted by Crippen LogP contribution is -2.20. The summed E-state index contributed by atoms with van der Waals surface area (Å²) in [5.74, 6) is -1.32. The molecule has 108 valence electrons. The van der Waals surface area contributed by atoms with Gasteiger partial charge in [-0.3, -0.25) is 0 Å². The molecule has 1 atom stereocenters. The first kappa shape index (κ1) is 15.9. The maximum atomic E-state index is 13.1. The Hall–Kier alpha value is -1.18.